The summed E-state index contributed by atoms with van der Waals surface area (Å²) in [6.45, 7) is 4.84. The first-order valence-corrected chi connectivity index (χ1v) is 13.1. The number of fused-ring (bicyclic) bond motifs is 1. The lowest BCUT2D eigenvalue weighted by molar-refractivity contribution is 0.559. The van der Waals surface area contributed by atoms with Gasteiger partial charge in [0.05, 0.1) is 16.3 Å². The molecule has 0 spiro atoms. The van der Waals surface area contributed by atoms with Crippen LogP contribution in [0.15, 0.2) is 53.4 Å². The zero-order chi connectivity index (χ0) is 22.2. The first-order chi connectivity index (χ1) is 14.9. The molecule has 0 bridgehead atoms. The van der Waals surface area contributed by atoms with E-state index in [1.807, 2.05) is 24.3 Å². The molecule has 5 nitrogen and oxygen atoms in total. The maximum absolute atomic E-state index is 12.6. The molecule has 0 unspecified atom stereocenters. The Morgan fingerprint density at radius 1 is 0.806 bits per heavy atom. The molecule has 2 aromatic carbocycles. The average molecular weight is 444 g/mol. The second-order valence-electron chi connectivity index (χ2n) is 8.82. The minimum absolute atomic E-state index is 0.293. The van der Waals surface area contributed by atoms with Crippen LogP contribution >= 0.6 is 0 Å². The average Bonchev–Trinajstić information content (AvgIpc) is 3.08. The number of hydrogen-bond acceptors (Lipinski definition) is 4. The molecule has 0 saturated heterocycles. The first-order valence-electron chi connectivity index (χ1n) is 11.7. The van der Waals surface area contributed by atoms with Crippen molar-refractivity contribution in [2.45, 2.75) is 82.2 Å². The summed E-state index contributed by atoms with van der Waals surface area (Å²) in [6.07, 6.45) is 10.3. The zero-order valence-corrected chi connectivity index (χ0v) is 19.7. The van der Waals surface area contributed by atoms with Crippen LogP contribution in [0.2, 0.25) is 0 Å². The van der Waals surface area contributed by atoms with Gasteiger partial charge in [0.25, 0.3) is 0 Å². The van der Waals surface area contributed by atoms with Gasteiger partial charge < -0.3 is 10.6 Å². The largest absolute Gasteiger partial charge is 0.361 e. The number of sulfonamides is 1. The molecule has 0 aliphatic carbocycles. The van der Waals surface area contributed by atoms with Gasteiger partial charge in [-0.3, -0.25) is 0 Å². The van der Waals surface area contributed by atoms with Gasteiger partial charge in [0, 0.05) is 13.0 Å². The number of anilines is 2. The van der Waals surface area contributed by atoms with Crippen LogP contribution < -0.4 is 15.4 Å². The van der Waals surface area contributed by atoms with E-state index in [0.717, 1.165) is 36.2 Å². The van der Waals surface area contributed by atoms with E-state index in [9.17, 15) is 8.42 Å². The van der Waals surface area contributed by atoms with Crippen molar-refractivity contribution in [2.24, 2.45) is 0 Å². The van der Waals surface area contributed by atoms with E-state index in [0.29, 0.717) is 11.4 Å². The Morgan fingerprint density at radius 3 is 1.94 bits per heavy atom. The number of nitrogens with one attached hydrogen (secondary N) is 3. The van der Waals surface area contributed by atoms with Crippen molar-refractivity contribution in [3.05, 3.63) is 54.1 Å². The van der Waals surface area contributed by atoms with Gasteiger partial charge in [-0.1, -0.05) is 76.1 Å². The molecular weight excluding hydrogens is 406 g/mol. The second-order valence-corrected chi connectivity index (χ2v) is 10.6. The molecule has 31 heavy (non-hydrogen) atoms. The highest BCUT2D eigenvalue weighted by Gasteiger charge is 2.31. The van der Waals surface area contributed by atoms with Crippen LogP contribution in [-0.2, 0) is 16.4 Å². The van der Waals surface area contributed by atoms with Crippen molar-refractivity contribution in [3.63, 3.8) is 0 Å². The molecule has 2 aromatic rings. The summed E-state index contributed by atoms with van der Waals surface area (Å²) in [5.41, 5.74) is 2.97. The molecule has 0 atom stereocenters. The normalized spacial score (nSPS) is 14.6. The third kappa shape index (κ3) is 6.97. The Balaban J connectivity index is 1.43. The van der Waals surface area contributed by atoms with Gasteiger partial charge in [-0.05, 0) is 43.2 Å². The summed E-state index contributed by atoms with van der Waals surface area (Å²) in [6, 6.07) is 15.4. The minimum Gasteiger partial charge on any atom is -0.361 e. The quantitative estimate of drug-likeness (QED) is 0.337. The summed E-state index contributed by atoms with van der Waals surface area (Å²) >= 11 is 0. The van der Waals surface area contributed by atoms with Gasteiger partial charge in [-0.25, -0.2) is 13.1 Å². The van der Waals surface area contributed by atoms with Crippen LogP contribution in [-0.4, -0.2) is 20.6 Å². The summed E-state index contributed by atoms with van der Waals surface area (Å²) in [5, 5.41) is 7.04. The van der Waals surface area contributed by atoms with Crippen LogP contribution in [0.3, 0.4) is 0 Å². The van der Waals surface area contributed by atoms with E-state index in [-0.39, 0.29) is 5.66 Å². The molecule has 0 aromatic heterocycles. The van der Waals surface area contributed by atoms with E-state index < -0.39 is 10.0 Å². The van der Waals surface area contributed by atoms with Gasteiger partial charge in [0.1, 0.15) is 5.66 Å². The maximum Gasteiger partial charge on any atom is 0.240 e. The highest BCUT2D eigenvalue weighted by atomic mass is 32.2. The minimum atomic E-state index is -3.45. The highest BCUT2D eigenvalue weighted by molar-refractivity contribution is 7.89. The molecule has 1 heterocycles. The molecule has 0 amide bonds. The van der Waals surface area contributed by atoms with Crippen LogP contribution in [0.4, 0.5) is 11.4 Å². The van der Waals surface area contributed by atoms with Gasteiger partial charge >= 0.3 is 0 Å². The molecule has 3 N–H and O–H groups in total. The first kappa shape index (κ1) is 23.6. The van der Waals surface area contributed by atoms with Gasteiger partial charge in [-0.2, -0.15) is 0 Å². The second kappa shape index (κ2) is 11.0. The van der Waals surface area contributed by atoms with Crippen molar-refractivity contribution in [1.82, 2.24) is 4.72 Å². The predicted octanol–water partition coefficient (Wildman–Crippen LogP) is 5.90. The Labute approximate surface area is 188 Å². The lowest BCUT2D eigenvalue weighted by Crippen LogP contribution is -2.40. The van der Waals surface area contributed by atoms with Crippen LogP contribution in [0, 0.1) is 0 Å². The number of para-hydroxylation sites is 2. The van der Waals surface area contributed by atoms with Crippen LogP contribution in [0.25, 0.3) is 0 Å². The lowest BCUT2D eigenvalue weighted by atomic mass is 10.0. The fourth-order valence-corrected chi connectivity index (χ4v) is 5.23. The van der Waals surface area contributed by atoms with E-state index >= 15 is 0 Å². The summed E-state index contributed by atoms with van der Waals surface area (Å²) in [4.78, 5) is 0.330. The summed E-state index contributed by atoms with van der Waals surface area (Å²) < 4.78 is 27.9. The number of benzene rings is 2. The third-order valence-corrected chi connectivity index (χ3v) is 7.34. The molecule has 0 radical (unpaired) electrons. The lowest BCUT2D eigenvalue weighted by Gasteiger charge is -2.26. The number of hydrogen-bond donors (Lipinski definition) is 3. The fourth-order valence-electron chi connectivity index (χ4n) is 4.16. The molecule has 0 fully saturated rings. The van der Waals surface area contributed by atoms with E-state index in [1.165, 1.54) is 38.5 Å². The van der Waals surface area contributed by atoms with Gasteiger partial charge in [0.2, 0.25) is 10.0 Å². The van der Waals surface area contributed by atoms with E-state index in [2.05, 4.69) is 41.3 Å². The van der Waals surface area contributed by atoms with Gasteiger partial charge in [-0.15, -0.1) is 0 Å². The predicted molar refractivity (Wildman–Crippen MR) is 130 cm³/mol. The van der Waals surface area contributed by atoms with Crippen LogP contribution in [0.1, 0.15) is 70.8 Å². The van der Waals surface area contributed by atoms with Crippen molar-refractivity contribution in [2.75, 3.05) is 17.2 Å². The maximum atomic E-state index is 12.6. The standard InChI is InChI=1S/C25H37N3O2S/c1-3-4-5-6-7-8-9-12-19-26-31(29,30)22-17-15-21(16-18-22)20-25(2)27-23-13-10-11-14-24(23)28-25/h10-11,13-18,26-28H,3-9,12,19-20H2,1-2H3. The monoisotopic (exact) mass is 443 g/mol. The molecule has 1 aliphatic heterocycles. The molecule has 1 aliphatic rings. The SMILES string of the molecule is CCCCCCCCCCNS(=O)(=O)c1ccc(CC2(C)Nc3ccccc3N2)cc1. The Hall–Kier alpha value is -2.05. The van der Waals surface area contributed by atoms with Gasteiger partial charge in [0.15, 0.2) is 0 Å². The van der Waals surface area contributed by atoms with Crippen molar-refractivity contribution >= 4 is 21.4 Å². The molecule has 170 valence electrons. The Bertz CT molecular complexity index is 901. The Morgan fingerprint density at radius 2 is 1.35 bits per heavy atom. The van der Waals surface area contributed by atoms with Crippen LogP contribution in [0.5, 0.6) is 0 Å². The van der Waals surface area contributed by atoms with Crippen molar-refractivity contribution in [3.8, 4) is 0 Å². The smallest absolute Gasteiger partial charge is 0.240 e. The Kier molecular flexibility index (Phi) is 8.38. The highest BCUT2D eigenvalue weighted by Crippen LogP contribution is 2.35. The van der Waals surface area contributed by atoms with E-state index in [4.69, 9.17) is 0 Å². The zero-order valence-electron chi connectivity index (χ0n) is 18.9. The molecule has 6 heteroatoms. The topological polar surface area (TPSA) is 70.2 Å². The fraction of sp³-hybridized carbons (Fsp3) is 0.520. The van der Waals surface area contributed by atoms with Crippen molar-refractivity contribution in [1.29, 1.82) is 0 Å². The summed E-state index contributed by atoms with van der Waals surface area (Å²) in [7, 11) is -3.45. The van der Waals surface area contributed by atoms with Crippen molar-refractivity contribution < 1.29 is 8.42 Å². The third-order valence-electron chi connectivity index (χ3n) is 5.86. The molecule has 0 saturated carbocycles. The molecule has 3 rings (SSSR count). The van der Waals surface area contributed by atoms with E-state index in [1.54, 1.807) is 12.1 Å². The number of unbranched alkanes of at least 4 members (excludes halogenated alkanes) is 7. The number of rotatable bonds is 13. The summed E-state index contributed by atoms with van der Waals surface area (Å²) in [5.74, 6) is 0. The molecular formula is C25H37N3O2S.